The van der Waals surface area contributed by atoms with E-state index >= 15 is 0 Å². The first-order valence-corrected chi connectivity index (χ1v) is 4.46. The number of carboxylic acids is 1. The molecule has 15 heavy (non-hydrogen) atoms. The molecule has 0 aromatic rings. The van der Waals surface area contributed by atoms with E-state index in [1.165, 1.54) is 0 Å². The van der Waals surface area contributed by atoms with E-state index in [9.17, 15) is 18.0 Å². The van der Waals surface area contributed by atoms with E-state index in [-0.39, 0.29) is 13.0 Å². The summed E-state index contributed by atoms with van der Waals surface area (Å²) in [6.45, 7) is -0.130. The fraction of sp³-hybridized carbons (Fsp3) is 0.875. The van der Waals surface area contributed by atoms with Crippen LogP contribution in [0.2, 0.25) is 0 Å². The third kappa shape index (κ3) is 1.81. The number of hydrogen-bond acceptors (Lipinski definition) is 3. The van der Waals surface area contributed by atoms with Gasteiger partial charge in [-0.1, -0.05) is 0 Å². The van der Waals surface area contributed by atoms with Gasteiger partial charge in [0.25, 0.3) is 0 Å². The van der Waals surface area contributed by atoms with E-state index in [1.54, 1.807) is 0 Å². The lowest BCUT2D eigenvalue weighted by molar-refractivity contribution is -0.268. The summed E-state index contributed by atoms with van der Waals surface area (Å²) in [5.74, 6) is -1.39. The van der Waals surface area contributed by atoms with E-state index in [2.05, 4.69) is 0 Å². The zero-order chi connectivity index (χ0) is 11.9. The Hall–Kier alpha value is -0.820. The minimum absolute atomic E-state index is 0.130. The summed E-state index contributed by atoms with van der Waals surface area (Å²) in [4.78, 5) is 10.6. The predicted octanol–water partition coefficient (Wildman–Crippen LogP) is 0.460. The van der Waals surface area contributed by atoms with Crippen LogP contribution in [0.15, 0.2) is 0 Å². The van der Waals surface area contributed by atoms with Crippen molar-refractivity contribution in [1.29, 1.82) is 0 Å². The molecule has 0 heterocycles. The molecular formula is C8H13F3N2O2. The Morgan fingerprint density at radius 2 is 1.87 bits per heavy atom. The van der Waals surface area contributed by atoms with Crippen molar-refractivity contribution in [2.24, 2.45) is 16.9 Å². The first-order valence-electron chi connectivity index (χ1n) is 4.46. The molecule has 0 saturated heterocycles. The molecule has 0 bridgehead atoms. The standard InChI is InChI=1S/C8H13F3N2O2/c9-8(10,11)6(1-2-12)3-7(13,4-6)5(14)15/h1-4,12-13H2,(H,14,15). The van der Waals surface area contributed by atoms with Gasteiger partial charge in [-0.3, -0.25) is 4.79 Å². The number of alkyl halides is 3. The van der Waals surface area contributed by atoms with Crippen molar-refractivity contribution in [1.82, 2.24) is 0 Å². The van der Waals surface area contributed by atoms with Crippen LogP contribution in [0.3, 0.4) is 0 Å². The molecule has 0 spiro atoms. The summed E-state index contributed by atoms with van der Waals surface area (Å²) >= 11 is 0. The lowest BCUT2D eigenvalue weighted by Gasteiger charge is -2.52. The molecule has 0 atom stereocenters. The van der Waals surface area contributed by atoms with Crippen molar-refractivity contribution in [2.75, 3.05) is 6.54 Å². The predicted molar refractivity (Wildman–Crippen MR) is 45.9 cm³/mol. The topological polar surface area (TPSA) is 89.3 Å². The zero-order valence-corrected chi connectivity index (χ0v) is 7.97. The molecule has 0 amide bonds. The molecule has 0 radical (unpaired) electrons. The molecule has 0 unspecified atom stereocenters. The average molecular weight is 226 g/mol. The lowest BCUT2D eigenvalue weighted by Crippen LogP contribution is -2.67. The number of nitrogens with two attached hydrogens (primary N) is 2. The highest BCUT2D eigenvalue weighted by Gasteiger charge is 2.68. The highest BCUT2D eigenvalue weighted by atomic mass is 19.4. The van der Waals surface area contributed by atoms with Crippen LogP contribution in [0.4, 0.5) is 13.2 Å². The van der Waals surface area contributed by atoms with Crippen molar-refractivity contribution in [3.63, 3.8) is 0 Å². The molecule has 0 aliphatic heterocycles. The first-order chi connectivity index (χ1) is 6.67. The second kappa shape index (κ2) is 3.34. The average Bonchev–Trinajstić information content (AvgIpc) is 1.98. The summed E-state index contributed by atoms with van der Waals surface area (Å²) in [6.07, 6.45) is -5.89. The molecule has 0 aromatic heterocycles. The maximum absolute atomic E-state index is 12.6. The summed E-state index contributed by atoms with van der Waals surface area (Å²) in [6, 6.07) is 0. The molecule has 7 heteroatoms. The Labute approximate surface area is 84.4 Å². The summed E-state index contributed by atoms with van der Waals surface area (Å²) in [5, 5.41) is 8.64. The third-order valence-corrected chi connectivity index (χ3v) is 2.96. The van der Waals surface area contributed by atoms with Crippen LogP contribution in [0, 0.1) is 5.41 Å². The van der Waals surface area contributed by atoms with Gasteiger partial charge in [0, 0.05) is 0 Å². The molecule has 88 valence electrons. The third-order valence-electron chi connectivity index (χ3n) is 2.96. The Bertz CT molecular complexity index is 272. The van der Waals surface area contributed by atoms with Gasteiger partial charge in [0.15, 0.2) is 0 Å². The smallest absolute Gasteiger partial charge is 0.394 e. The van der Waals surface area contributed by atoms with Gasteiger partial charge in [0.05, 0.1) is 5.41 Å². The van der Waals surface area contributed by atoms with Crippen molar-refractivity contribution in [3.8, 4) is 0 Å². The Balaban J connectivity index is 2.81. The SMILES string of the molecule is NCCC1(C(F)(F)F)CC(N)(C(=O)O)C1. The van der Waals surface area contributed by atoms with Crippen LogP contribution in [-0.2, 0) is 4.79 Å². The summed E-state index contributed by atoms with van der Waals surface area (Å²) in [5.41, 5.74) is 6.65. The molecule has 1 aliphatic rings. The molecule has 5 N–H and O–H groups in total. The van der Waals surface area contributed by atoms with Crippen LogP contribution in [0.5, 0.6) is 0 Å². The van der Waals surface area contributed by atoms with Gasteiger partial charge in [-0.25, -0.2) is 0 Å². The summed E-state index contributed by atoms with van der Waals surface area (Å²) in [7, 11) is 0. The number of carboxylic acid groups (broad SMARTS) is 1. The van der Waals surface area contributed by atoms with Crippen LogP contribution >= 0.6 is 0 Å². The lowest BCUT2D eigenvalue weighted by atomic mass is 9.55. The van der Waals surface area contributed by atoms with Gasteiger partial charge in [-0.2, -0.15) is 13.2 Å². The zero-order valence-electron chi connectivity index (χ0n) is 7.97. The fourth-order valence-corrected chi connectivity index (χ4v) is 2.10. The van der Waals surface area contributed by atoms with E-state index < -0.39 is 35.9 Å². The van der Waals surface area contributed by atoms with Gasteiger partial charge < -0.3 is 16.6 Å². The molecule has 1 fully saturated rings. The normalized spacial score (nSPS) is 36.1. The van der Waals surface area contributed by atoms with E-state index in [0.29, 0.717) is 0 Å². The van der Waals surface area contributed by atoms with Crippen LogP contribution in [-0.4, -0.2) is 29.3 Å². The number of hydrogen-bond donors (Lipinski definition) is 3. The van der Waals surface area contributed by atoms with Crippen molar-refractivity contribution >= 4 is 5.97 Å². The van der Waals surface area contributed by atoms with Gasteiger partial charge in [0.2, 0.25) is 0 Å². The quantitative estimate of drug-likeness (QED) is 0.652. The monoisotopic (exact) mass is 226 g/mol. The number of halogens is 3. The minimum Gasteiger partial charge on any atom is -0.480 e. The maximum Gasteiger partial charge on any atom is 0.394 e. The Morgan fingerprint density at radius 3 is 2.13 bits per heavy atom. The van der Waals surface area contributed by atoms with Crippen molar-refractivity contribution in [2.45, 2.75) is 31.0 Å². The molecule has 1 aliphatic carbocycles. The van der Waals surface area contributed by atoms with Crippen LogP contribution in [0.25, 0.3) is 0 Å². The number of aliphatic carboxylic acids is 1. The van der Waals surface area contributed by atoms with Crippen molar-refractivity contribution < 1.29 is 23.1 Å². The number of carbonyl (C=O) groups is 1. The minimum atomic E-state index is -4.44. The van der Waals surface area contributed by atoms with Gasteiger partial charge in [-0.15, -0.1) is 0 Å². The molecule has 1 saturated carbocycles. The van der Waals surface area contributed by atoms with Crippen LogP contribution < -0.4 is 11.5 Å². The van der Waals surface area contributed by atoms with E-state index in [1.807, 2.05) is 0 Å². The van der Waals surface area contributed by atoms with Gasteiger partial charge in [-0.05, 0) is 25.8 Å². The first kappa shape index (κ1) is 12.3. The number of rotatable bonds is 3. The Morgan fingerprint density at radius 1 is 1.40 bits per heavy atom. The largest absolute Gasteiger partial charge is 0.480 e. The summed E-state index contributed by atoms with van der Waals surface area (Å²) < 4.78 is 37.9. The molecule has 4 nitrogen and oxygen atoms in total. The van der Waals surface area contributed by atoms with Gasteiger partial charge in [0.1, 0.15) is 5.54 Å². The molecule has 1 rings (SSSR count). The van der Waals surface area contributed by atoms with E-state index in [0.717, 1.165) is 0 Å². The van der Waals surface area contributed by atoms with E-state index in [4.69, 9.17) is 16.6 Å². The second-order valence-corrected chi connectivity index (χ2v) is 4.13. The second-order valence-electron chi connectivity index (χ2n) is 4.13. The highest BCUT2D eigenvalue weighted by Crippen LogP contribution is 2.58. The highest BCUT2D eigenvalue weighted by molar-refractivity contribution is 5.80. The molecular weight excluding hydrogens is 213 g/mol. The maximum atomic E-state index is 12.6. The van der Waals surface area contributed by atoms with Gasteiger partial charge >= 0.3 is 12.1 Å². The van der Waals surface area contributed by atoms with Crippen molar-refractivity contribution in [3.05, 3.63) is 0 Å². The Kier molecular flexibility index (Phi) is 2.73. The fourth-order valence-electron chi connectivity index (χ4n) is 2.10. The molecule has 0 aromatic carbocycles. The van der Waals surface area contributed by atoms with Crippen LogP contribution in [0.1, 0.15) is 19.3 Å².